The molecule has 0 saturated heterocycles. The Balaban J connectivity index is 0. The van der Waals surface area contributed by atoms with Gasteiger partial charge in [0.05, 0.1) is 0 Å². The van der Waals surface area contributed by atoms with Crippen LogP contribution in [0.4, 0.5) is 0 Å². The Hall–Kier alpha value is -0.470. The van der Waals surface area contributed by atoms with Crippen LogP contribution in [0.1, 0.15) is 5.56 Å². The van der Waals surface area contributed by atoms with Crippen molar-refractivity contribution in [3.8, 4) is 0 Å². The minimum atomic E-state index is 0. The lowest BCUT2D eigenvalue weighted by Gasteiger charge is -1.82. The van der Waals surface area contributed by atoms with Gasteiger partial charge in [0.1, 0.15) is 0 Å². The second-order valence-electron chi connectivity index (χ2n) is 1.65. The lowest BCUT2D eigenvalue weighted by atomic mass is 10.2. The molecule has 0 atom stereocenters. The minimum absolute atomic E-state index is 0. The molecule has 1 rings (SSSR count). The SMILES string of the molecule is Cc1ccccc1.O.S. The molecule has 0 aliphatic carbocycles. The molecule has 1 aromatic rings. The Morgan fingerprint density at radius 1 is 1.00 bits per heavy atom. The summed E-state index contributed by atoms with van der Waals surface area (Å²) in [7, 11) is 0. The van der Waals surface area contributed by atoms with Gasteiger partial charge in [0.2, 0.25) is 0 Å². The summed E-state index contributed by atoms with van der Waals surface area (Å²) in [5.74, 6) is 0. The van der Waals surface area contributed by atoms with Gasteiger partial charge in [-0.1, -0.05) is 35.9 Å². The number of hydrogen-bond donors (Lipinski definition) is 0. The lowest BCUT2D eigenvalue weighted by Crippen LogP contribution is -1.62. The summed E-state index contributed by atoms with van der Waals surface area (Å²) in [6.45, 7) is 2.08. The van der Waals surface area contributed by atoms with Crippen LogP contribution >= 0.6 is 13.5 Å². The Morgan fingerprint density at radius 3 is 1.67 bits per heavy atom. The lowest BCUT2D eigenvalue weighted by molar-refractivity contribution is 0.824. The third-order valence-corrected chi connectivity index (χ3v) is 0.940. The Kier molecular flexibility index (Phi) is 7.14. The summed E-state index contributed by atoms with van der Waals surface area (Å²) in [5.41, 5.74) is 1.32. The van der Waals surface area contributed by atoms with Gasteiger partial charge in [-0.2, -0.15) is 13.5 Å². The molecule has 0 saturated carbocycles. The van der Waals surface area contributed by atoms with E-state index in [1.807, 2.05) is 18.2 Å². The predicted octanol–water partition coefficient (Wildman–Crippen LogP) is 1.28. The largest absolute Gasteiger partial charge is 0.412 e. The van der Waals surface area contributed by atoms with Gasteiger partial charge in [-0.3, -0.25) is 0 Å². The Bertz CT molecular complexity index is 139. The van der Waals surface area contributed by atoms with Gasteiger partial charge in [-0.25, -0.2) is 0 Å². The first-order valence-corrected chi connectivity index (χ1v) is 2.41. The van der Waals surface area contributed by atoms with Crippen molar-refractivity contribution in [1.29, 1.82) is 0 Å². The van der Waals surface area contributed by atoms with Crippen LogP contribution in [0.2, 0.25) is 0 Å². The molecular weight excluding hydrogens is 132 g/mol. The summed E-state index contributed by atoms with van der Waals surface area (Å²) in [6, 6.07) is 10.3. The summed E-state index contributed by atoms with van der Waals surface area (Å²) in [4.78, 5) is 0. The minimum Gasteiger partial charge on any atom is -0.412 e. The van der Waals surface area contributed by atoms with Gasteiger partial charge in [-0.05, 0) is 6.92 Å². The van der Waals surface area contributed by atoms with E-state index in [-0.39, 0.29) is 19.0 Å². The van der Waals surface area contributed by atoms with Gasteiger partial charge in [0.25, 0.3) is 0 Å². The zero-order valence-electron chi connectivity index (χ0n) is 5.39. The van der Waals surface area contributed by atoms with E-state index in [9.17, 15) is 0 Å². The van der Waals surface area contributed by atoms with E-state index in [0.717, 1.165) is 0 Å². The van der Waals surface area contributed by atoms with E-state index in [0.29, 0.717) is 0 Å². The molecular formula is C7H12OS. The third kappa shape index (κ3) is 4.06. The first-order chi connectivity index (χ1) is 3.39. The highest BCUT2D eigenvalue weighted by Gasteiger charge is 1.72. The molecule has 0 heterocycles. The number of hydrogen-bond acceptors (Lipinski definition) is 0. The van der Waals surface area contributed by atoms with Crippen LogP contribution in [0.3, 0.4) is 0 Å². The van der Waals surface area contributed by atoms with Crippen molar-refractivity contribution in [3.05, 3.63) is 35.9 Å². The fourth-order valence-electron chi connectivity index (χ4n) is 0.534. The van der Waals surface area contributed by atoms with E-state index < -0.39 is 0 Å². The second kappa shape index (κ2) is 5.66. The zero-order chi connectivity index (χ0) is 5.11. The molecule has 0 fully saturated rings. The highest BCUT2D eigenvalue weighted by Crippen LogP contribution is 1.92. The van der Waals surface area contributed by atoms with Gasteiger partial charge in [0.15, 0.2) is 0 Å². The molecule has 52 valence electrons. The van der Waals surface area contributed by atoms with Crippen molar-refractivity contribution in [2.24, 2.45) is 0 Å². The van der Waals surface area contributed by atoms with E-state index in [1.54, 1.807) is 0 Å². The molecule has 0 aliphatic heterocycles. The maximum absolute atomic E-state index is 2.08. The van der Waals surface area contributed by atoms with Gasteiger partial charge in [0, 0.05) is 0 Å². The first kappa shape index (κ1) is 11.3. The van der Waals surface area contributed by atoms with Gasteiger partial charge < -0.3 is 5.48 Å². The molecule has 1 aromatic carbocycles. The van der Waals surface area contributed by atoms with E-state index in [4.69, 9.17) is 0 Å². The van der Waals surface area contributed by atoms with Crippen molar-refractivity contribution in [1.82, 2.24) is 0 Å². The molecule has 0 radical (unpaired) electrons. The number of benzene rings is 1. The maximum atomic E-state index is 2.08. The Labute approximate surface area is 62.5 Å². The highest BCUT2D eigenvalue weighted by molar-refractivity contribution is 7.59. The average Bonchev–Trinajstić information content (AvgIpc) is 1.69. The van der Waals surface area contributed by atoms with Crippen molar-refractivity contribution in [2.75, 3.05) is 0 Å². The van der Waals surface area contributed by atoms with Gasteiger partial charge >= 0.3 is 0 Å². The second-order valence-corrected chi connectivity index (χ2v) is 1.65. The molecule has 0 spiro atoms. The number of rotatable bonds is 0. The molecule has 9 heavy (non-hydrogen) atoms. The van der Waals surface area contributed by atoms with E-state index >= 15 is 0 Å². The summed E-state index contributed by atoms with van der Waals surface area (Å²) in [5, 5.41) is 0. The molecule has 0 amide bonds. The van der Waals surface area contributed by atoms with Crippen LogP contribution in [-0.4, -0.2) is 5.48 Å². The Morgan fingerprint density at radius 2 is 1.44 bits per heavy atom. The van der Waals surface area contributed by atoms with Crippen molar-refractivity contribution in [3.63, 3.8) is 0 Å². The highest BCUT2D eigenvalue weighted by atomic mass is 32.1. The fraction of sp³-hybridized carbons (Fsp3) is 0.143. The van der Waals surface area contributed by atoms with Crippen molar-refractivity contribution in [2.45, 2.75) is 6.92 Å². The van der Waals surface area contributed by atoms with Gasteiger partial charge in [-0.15, -0.1) is 0 Å². The fourth-order valence-corrected chi connectivity index (χ4v) is 0.534. The first-order valence-electron chi connectivity index (χ1n) is 2.41. The van der Waals surface area contributed by atoms with Crippen molar-refractivity contribution >= 4 is 13.5 Å². The molecule has 0 aromatic heterocycles. The van der Waals surface area contributed by atoms with E-state index in [1.165, 1.54) is 5.56 Å². The number of aryl methyl sites for hydroxylation is 1. The van der Waals surface area contributed by atoms with E-state index in [2.05, 4.69) is 19.1 Å². The average molecular weight is 144 g/mol. The van der Waals surface area contributed by atoms with Crippen LogP contribution in [0, 0.1) is 6.92 Å². The summed E-state index contributed by atoms with van der Waals surface area (Å²) in [6.07, 6.45) is 0. The standard InChI is InChI=1S/C7H8.H2O.H2S/c1-7-5-3-2-4-6-7;;/h2-6H,1H3;2*1H2. The molecule has 2 N–H and O–H groups in total. The molecule has 0 bridgehead atoms. The van der Waals surface area contributed by atoms with Crippen LogP contribution in [0.25, 0.3) is 0 Å². The predicted molar refractivity (Wildman–Crippen MR) is 45.2 cm³/mol. The normalized spacial score (nSPS) is 6.78. The third-order valence-electron chi connectivity index (χ3n) is 0.940. The van der Waals surface area contributed by atoms with Crippen LogP contribution in [0.15, 0.2) is 30.3 Å². The van der Waals surface area contributed by atoms with Crippen molar-refractivity contribution < 1.29 is 5.48 Å². The quantitative estimate of drug-likeness (QED) is 0.525. The molecule has 2 heteroatoms. The molecule has 0 unspecified atom stereocenters. The molecule has 1 nitrogen and oxygen atoms in total. The zero-order valence-corrected chi connectivity index (χ0v) is 6.39. The molecule has 0 aliphatic rings. The monoisotopic (exact) mass is 144 g/mol. The maximum Gasteiger partial charge on any atom is -0.0398 e. The smallest absolute Gasteiger partial charge is 0.0398 e. The van der Waals surface area contributed by atoms with Crippen LogP contribution < -0.4 is 0 Å². The summed E-state index contributed by atoms with van der Waals surface area (Å²) < 4.78 is 0. The summed E-state index contributed by atoms with van der Waals surface area (Å²) >= 11 is 0. The van der Waals surface area contributed by atoms with Crippen LogP contribution in [0.5, 0.6) is 0 Å². The topological polar surface area (TPSA) is 31.5 Å². The van der Waals surface area contributed by atoms with Crippen LogP contribution in [-0.2, 0) is 0 Å².